The van der Waals surface area contributed by atoms with E-state index in [-0.39, 0.29) is 13.0 Å². The van der Waals surface area contributed by atoms with Crippen molar-refractivity contribution in [1.29, 1.82) is 0 Å². The van der Waals surface area contributed by atoms with Gasteiger partial charge < -0.3 is 34.9 Å². The van der Waals surface area contributed by atoms with Gasteiger partial charge in [-0.05, 0) is 68.7 Å². The van der Waals surface area contributed by atoms with Gasteiger partial charge in [0.15, 0.2) is 17.5 Å². The number of hydrogen-bond donors (Lipinski definition) is 3. The van der Waals surface area contributed by atoms with E-state index in [2.05, 4.69) is 16.0 Å². The highest BCUT2D eigenvalue weighted by molar-refractivity contribution is 5.94. The van der Waals surface area contributed by atoms with Crippen LogP contribution in [0.2, 0.25) is 0 Å². The van der Waals surface area contributed by atoms with Gasteiger partial charge in [0.2, 0.25) is 11.8 Å². The van der Waals surface area contributed by atoms with E-state index in [4.69, 9.17) is 18.9 Å². The third kappa shape index (κ3) is 8.27. The summed E-state index contributed by atoms with van der Waals surface area (Å²) in [5.74, 6) is -0.836. The third-order valence-electron chi connectivity index (χ3n) is 6.61. The largest absolute Gasteiger partial charge is 0.493 e. The zero-order chi connectivity index (χ0) is 31.9. The summed E-state index contributed by atoms with van der Waals surface area (Å²) >= 11 is 0. The molecular formula is C33H37N3O8. The van der Waals surface area contributed by atoms with E-state index < -0.39 is 47.6 Å². The minimum Gasteiger partial charge on any atom is -0.493 e. The Hall–Kier alpha value is -5.06. The van der Waals surface area contributed by atoms with E-state index in [1.165, 1.54) is 7.11 Å². The first-order valence-corrected chi connectivity index (χ1v) is 14.2. The molecule has 2 aliphatic rings. The monoisotopic (exact) mass is 603 g/mol. The van der Waals surface area contributed by atoms with Crippen LogP contribution >= 0.6 is 0 Å². The molecule has 232 valence electrons. The first-order chi connectivity index (χ1) is 21.0. The highest BCUT2D eigenvalue weighted by Gasteiger charge is 2.33. The highest BCUT2D eigenvalue weighted by atomic mass is 16.6. The van der Waals surface area contributed by atoms with Gasteiger partial charge in [-0.3, -0.25) is 9.59 Å². The minimum absolute atomic E-state index is 0.0773. The molecule has 44 heavy (non-hydrogen) atoms. The van der Waals surface area contributed by atoms with Gasteiger partial charge in [-0.1, -0.05) is 48.5 Å². The number of methoxy groups -OCH3 is 1. The molecule has 0 fully saturated rings. The number of carbonyl (C=O) groups excluding carboxylic acids is 4. The van der Waals surface area contributed by atoms with E-state index in [0.717, 1.165) is 0 Å². The first-order valence-electron chi connectivity index (χ1n) is 14.2. The van der Waals surface area contributed by atoms with Gasteiger partial charge in [0.05, 0.1) is 13.7 Å². The highest BCUT2D eigenvalue weighted by Crippen LogP contribution is 2.35. The van der Waals surface area contributed by atoms with Crippen molar-refractivity contribution in [2.45, 2.75) is 57.8 Å². The van der Waals surface area contributed by atoms with Crippen molar-refractivity contribution >= 4 is 23.9 Å². The second-order valence-electron chi connectivity index (χ2n) is 11.1. The fraction of sp³-hybridized carbons (Fsp3) is 0.333. The molecule has 3 N–H and O–H groups in total. The van der Waals surface area contributed by atoms with Crippen LogP contribution < -0.4 is 25.4 Å². The predicted octanol–water partition coefficient (Wildman–Crippen LogP) is 4.51. The van der Waals surface area contributed by atoms with E-state index in [1.807, 2.05) is 0 Å². The van der Waals surface area contributed by atoms with Gasteiger partial charge >= 0.3 is 12.1 Å². The van der Waals surface area contributed by atoms with Gasteiger partial charge in [-0.25, -0.2) is 9.59 Å². The maximum absolute atomic E-state index is 13.9. The predicted molar refractivity (Wildman–Crippen MR) is 161 cm³/mol. The summed E-state index contributed by atoms with van der Waals surface area (Å²) in [5.41, 5.74) is 0.744. The number of hydrogen-bond acceptors (Lipinski definition) is 8. The Bertz CT molecular complexity index is 1490. The zero-order valence-corrected chi connectivity index (χ0v) is 25.3. The molecule has 0 unspecified atom stereocenters. The van der Waals surface area contributed by atoms with Crippen LogP contribution in [-0.2, 0) is 30.3 Å². The number of carbonyl (C=O) groups is 4. The Morgan fingerprint density at radius 2 is 1.64 bits per heavy atom. The summed E-state index contributed by atoms with van der Waals surface area (Å²) in [7, 11) is 1.49. The second-order valence-corrected chi connectivity index (χ2v) is 11.1. The number of esters is 1. The molecule has 0 aromatic heterocycles. The number of ether oxygens (including phenoxy) is 4. The van der Waals surface area contributed by atoms with Crippen molar-refractivity contribution in [3.8, 4) is 17.2 Å². The summed E-state index contributed by atoms with van der Waals surface area (Å²) in [6.45, 7) is 6.87. The topological polar surface area (TPSA) is 141 Å². The summed E-state index contributed by atoms with van der Waals surface area (Å²) in [5, 5.41) is 8.15. The standard InChI is InChI=1S/C33H37N3O8/c1-6-42-31(39)28-22-14-17-25(41-5)26(19-22)43-23-15-12-20(13-16-23)18-24(34-32(40)44-33(2,3)4)29(37)35-27(30(38)36-28)21-10-8-7-9-11-21/h7-17,19,24,27-28H,6,18H2,1-5H3,(H,34,40)(H,35,37)(H,36,38)/t24-,27-,28-/m0/s1. The molecule has 11 heteroatoms. The summed E-state index contributed by atoms with van der Waals surface area (Å²) in [4.78, 5) is 53.6. The fourth-order valence-corrected chi connectivity index (χ4v) is 4.59. The van der Waals surface area contributed by atoms with Crippen molar-refractivity contribution in [2.75, 3.05) is 13.7 Å². The van der Waals surface area contributed by atoms with Crippen molar-refractivity contribution in [2.24, 2.45) is 0 Å². The van der Waals surface area contributed by atoms with Crippen LogP contribution in [0.25, 0.3) is 0 Å². The Morgan fingerprint density at radius 1 is 0.932 bits per heavy atom. The number of benzene rings is 3. The van der Waals surface area contributed by atoms with Crippen molar-refractivity contribution in [1.82, 2.24) is 16.0 Å². The Morgan fingerprint density at radius 3 is 2.27 bits per heavy atom. The number of nitrogens with one attached hydrogen (secondary N) is 3. The maximum Gasteiger partial charge on any atom is 0.408 e. The van der Waals surface area contributed by atoms with Crippen LogP contribution in [0.1, 0.15) is 56.5 Å². The zero-order valence-electron chi connectivity index (χ0n) is 25.3. The molecule has 0 radical (unpaired) electrons. The summed E-state index contributed by atoms with van der Waals surface area (Å²) < 4.78 is 22.3. The van der Waals surface area contributed by atoms with Crippen LogP contribution in [0.15, 0.2) is 72.8 Å². The van der Waals surface area contributed by atoms with Crippen LogP contribution in [0.3, 0.4) is 0 Å². The lowest BCUT2D eigenvalue weighted by molar-refractivity contribution is -0.148. The number of rotatable bonds is 5. The van der Waals surface area contributed by atoms with E-state index in [9.17, 15) is 19.2 Å². The molecule has 3 aromatic carbocycles. The molecule has 2 heterocycles. The average molecular weight is 604 g/mol. The smallest absolute Gasteiger partial charge is 0.408 e. The molecule has 11 nitrogen and oxygen atoms in total. The normalized spacial score (nSPS) is 18.7. The van der Waals surface area contributed by atoms with E-state index in [1.54, 1.807) is 100 Å². The maximum atomic E-state index is 13.9. The lowest BCUT2D eigenvalue weighted by atomic mass is 10.0. The van der Waals surface area contributed by atoms with Gasteiger partial charge in [0.1, 0.15) is 23.4 Å². The van der Waals surface area contributed by atoms with Crippen LogP contribution in [-0.4, -0.2) is 49.2 Å². The molecule has 4 bridgehead atoms. The molecule has 3 atom stereocenters. The van der Waals surface area contributed by atoms with Gasteiger partial charge in [0, 0.05) is 6.42 Å². The molecule has 0 saturated carbocycles. The fourth-order valence-electron chi connectivity index (χ4n) is 4.59. The van der Waals surface area contributed by atoms with Crippen molar-refractivity contribution in [3.63, 3.8) is 0 Å². The lowest BCUT2D eigenvalue weighted by Crippen LogP contribution is -2.52. The third-order valence-corrected chi connectivity index (χ3v) is 6.61. The molecule has 0 spiro atoms. The van der Waals surface area contributed by atoms with E-state index >= 15 is 0 Å². The molecule has 0 saturated heterocycles. The minimum atomic E-state index is -1.25. The SMILES string of the molecule is CCOC(=O)[C@H]1NC(=O)[C@H](c2ccccc2)NC(=O)[C@@H](NC(=O)OC(C)(C)C)Cc2ccc(cc2)Oc2cc1ccc2OC. The van der Waals surface area contributed by atoms with Crippen LogP contribution in [0.5, 0.6) is 17.2 Å². The van der Waals surface area contributed by atoms with Crippen LogP contribution in [0, 0.1) is 0 Å². The Labute approximate surface area is 256 Å². The van der Waals surface area contributed by atoms with Gasteiger partial charge in [-0.2, -0.15) is 0 Å². The molecule has 3 aromatic rings. The molecule has 0 aliphatic carbocycles. The number of alkyl carbamates (subject to hydrolysis) is 1. The molecule has 3 amide bonds. The average Bonchev–Trinajstić information content (AvgIpc) is 2.98. The van der Waals surface area contributed by atoms with Crippen molar-refractivity contribution in [3.05, 3.63) is 89.5 Å². The molecular weight excluding hydrogens is 566 g/mol. The first kappa shape index (κ1) is 31.9. The van der Waals surface area contributed by atoms with Gasteiger partial charge in [-0.15, -0.1) is 0 Å². The number of amides is 3. The van der Waals surface area contributed by atoms with Crippen molar-refractivity contribution < 1.29 is 38.1 Å². The lowest BCUT2D eigenvalue weighted by Gasteiger charge is -2.27. The number of fused-ring (bicyclic) bond motifs is 9. The molecule has 2 aliphatic heterocycles. The Kier molecular flexibility index (Phi) is 10.1. The molecule has 5 rings (SSSR count). The second kappa shape index (κ2) is 13.9. The van der Waals surface area contributed by atoms with Crippen LogP contribution in [0.4, 0.5) is 4.79 Å². The summed E-state index contributed by atoms with van der Waals surface area (Å²) in [6, 6.07) is 16.8. The Balaban J connectivity index is 1.81. The van der Waals surface area contributed by atoms with E-state index in [0.29, 0.717) is 33.9 Å². The quantitative estimate of drug-likeness (QED) is 0.362. The summed E-state index contributed by atoms with van der Waals surface area (Å²) in [6.07, 6.45) is -0.709. The van der Waals surface area contributed by atoms with Gasteiger partial charge in [0.25, 0.3) is 0 Å².